The van der Waals surface area contributed by atoms with Crippen LogP contribution in [-0.4, -0.2) is 34.2 Å². The van der Waals surface area contributed by atoms with E-state index in [0.717, 1.165) is 13.0 Å². The number of carbonyl (C=O) groups excluding carboxylic acids is 2. The highest BCUT2D eigenvalue weighted by atomic mass is 19.2. The van der Waals surface area contributed by atoms with Crippen LogP contribution in [0.2, 0.25) is 0 Å². The van der Waals surface area contributed by atoms with E-state index in [9.17, 15) is 9.59 Å². The number of hydrogen-bond acceptors (Lipinski definition) is 4. The van der Waals surface area contributed by atoms with Crippen LogP contribution in [0.25, 0.3) is 33.5 Å². The first-order chi connectivity index (χ1) is 17.7. The molecule has 0 bridgehead atoms. The minimum Gasteiger partial charge on any atom is -0.338 e. The van der Waals surface area contributed by atoms with E-state index in [2.05, 4.69) is 20.6 Å². The van der Waals surface area contributed by atoms with E-state index in [1.165, 1.54) is 31.2 Å². The quantitative estimate of drug-likeness (QED) is 0.184. The van der Waals surface area contributed by atoms with Crippen LogP contribution in [0.15, 0.2) is 36.4 Å². The normalized spacial score (nSPS) is 15.4. The van der Waals surface area contributed by atoms with E-state index >= 15 is 17.6 Å². The molecular weight excluding hydrogens is 488 g/mol. The van der Waals surface area contributed by atoms with Crippen LogP contribution in [0.3, 0.4) is 0 Å². The van der Waals surface area contributed by atoms with Crippen molar-refractivity contribution in [2.75, 3.05) is 11.9 Å². The molecule has 5 rings (SSSR count). The highest BCUT2D eigenvalue weighted by molar-refractivity contribution is 6.05. The summed E-state index contributed by atoms with van der Waals surface area (Å²) in [6.07, 6.45) is 1.58. The van der Waals surface area contributed by atoms with E-state index in [4.69, 9.17) is 0 Å². The maximum atomic E-state index is 15.2. The van der Waals surface area contributed by atoms with E-state index in [-0.39, 0.29) is 34.4 Å². The molecule has 1 atom stereocenters. The van der Waals surface area contributed by atoms with Gasteiger partial charge >= 0.3 is 0 Å². The molecule has 0 spiro atoms. The number of amides is 1. The molecule has 190 valence electrons. The monoisotopic (exact) mass is 510 g/mol. The number of ketones is 1. The van der Waals surface area contributed by atoms with Crippen LogP contribution in [0.4, 0.5) is 23.2 Å². The molecular formula is C27H22F4N4O2. The van der Waals surface area contributed by atoms with Gasteiger partial charge in [-0.3, -0.25) is 9.59 Å². The molecule has 1 aliphatic heterocycles. The Balaban J connectivity index is 1.53. The summed E-state index contributed by atoms with van der Waals surface area (Å²) in [6, 6.07) is 8.19. The van der Waals surface area contributed by atoms with Crippen LogP contribution in [0, 0.1) is 30.2 Å². The molecule has 1 amide bonds. The molecule has 10 heteroatoms. The first kappa shape index (κ1) is 24.6. The Kier molecular flexibility index (Phi) is 6.28. The van der Waals surface area contributed by atoms with Crippen LogP contribution < -0.4 is 10.6 Å². The third-order valence-corrected chi connectivity index (χ3v) is 6.43. The van der Waals surface area contributed by atoms with E-state index in [1.807, 2.05) is 0 Å². The summed E-state index contributed by atoms with van der Waals surface area (Å²) < 4.78 is 60.7. The van der Waals surface area contributed by atoms with Gasteiger partial charge in [-0.25, -0.2) is 22.5 Å². The Labute approximate surface area is 209 Å². The predicted molar refractivity (Wildman–Crippen MR) is 131 cm³/mol. The first-order valence-corrected chi connectivity index (χ1v) is 11.7. The fraction of sp³-hybridized carbons (Fsp3) is 0.222. The zero-order valence-electron chi connectivity index (χ0n) is 19.9. The lowest BCUT2D eigenvalue weighted by Gasteiger charge is -2.13. The summed E-state index contributed by atoms with van der Waals surface area (Å²) in [5.74, 6) is -7.44. The van der Waals surface area contributed by atoms with Crippen molar-refractivity contribution in [3.8, 4) is 22.5 Å². The van der Waals surface area contributed by atoms with Gasteiger partial charge in [0, 0.05) is 11.3 Å². The number of imidazole rings is 1. The van der Waals surface area contributed by atoms with Gasteiger partial charge in [-0.15, -0.1) is 0 Å². The highest BCUT2D eigenvalue weighted by Crippen LogP contribution is 2.37. The highest BCUT2D eigenvalue weighted by Gasteiger charge is 2.29. The summed E-state index contributed by atoms with van der Waals surface area (Å²) in [7, 11) is 0. The molecule has 1 saturated heterocycles. The molecule has 0 aliphatic carbocycles. The van der Waals surface area contributed by atoms with Crippen molar-refractivity contribution in [2.24, 2.45) is 0 Å². The van der Waals surface area contributed by atoms with Crippen LogP contribution in [0.1, 0.15) is 35.7 Å². The zero-order valence-corrected chi connectivity index (χ0v) is 19.9. The number of aryl methyl sites for hydroxylation is 1. The fourth-order valence-electron chi connectivity index (χ4n) is 4.60. The smallest absolute Gasteiger partial charge is 0.241 e. The van der Waals surface area contributed by atoms with Crippen LogP contribution >= 0.6 is 0 Å². The average molecular weight is 510 g/mol. The summed E-state index contributed by atoms with van der Waals surface area (Å²) in [4.78, 5) is 31.0. The maximum Gasteiger partial charge on any atom is 0.241 e. The van der Waals surface area contributed by atoms with Crippen molar-refractivity contribution >= 4 is 28.4 Å². The third-order valence-electron chi connectivity index (χ3n) is 6.43. The number of nitrogens with one attached hydrogen (secondary N) is 3. The number of benzene rings is 3. The lowest BCUT2D eigenvalue weighted by Crippen LogP contribution is -2.35. The molecule has 6 nitrogen and oxygen atoms in total. The summed E-state index contributed by atoms with van der Waals surface area (Å²) >= 11 is 0. The number of fused-ring (bicyclic) bond motifs is 1. The van der Waals surface area contributed by atoms with Crippen LogP contribution in [-0.2, 0) is 4.79 Å². The summed E-state index contributed by atoms with van der Waals surface area (Å²) in [5.41, 5.74) is -0.278. The van der Waals surface area contributed by atoms with Gasteiger partial charge in [0.15, 0.2) is 29.1 Å². The average Bonchev–Trinajstić information content (AvgIpc) is 3.54. The number of hydrogen-bond donors (Lipinski definition) is 3. The molecule has 0 radical (unpaired) electrons. The second-order valence-electron chi connectivity index (χ2n) is 9.07. The van der Waals surface area contributed by atoms with E-state index in [0.29, 0.717) is 23.2 Å². The molecule has 3 N–H and O–H groups in total. The molecule has 0 saturated carbocycles. The summed E-state index contributed by atoms with van der Waals surface area (Å²) in [5, 5.41) is 5.76. The topological polar surface area (TPSA) is 86.9 Å². The molecule has 2 heterocycles. The number of H-pyrrole nitrogens is 1. The minimum absolute atomic E-state index is 0.115. The summed E-state index contributed by atoms with van der Waals surface area (Å²) in [6.45, 7) is 3.79. The second-order valence-corrected chi connectivity index (χ2v) is 9.07. The Morgan fingerprint density at radius 2 is 1.62 bits per heavy atom. The van der Waals surface area contributed by atoms with Crippen molar-refractivity contribution in [2.45, 2.75) is 32.7 Å². The Bertz CT molecular complexity index is 1530. The van der Waals surface area contributed by atoms with Gasteiger partial charge in [0.1, 0.15) is 5.82 Å². The number of aromatic nitrogens is 2. The van der Waals surface area contributed by atoms with Gasteiger partial charge in [-0.05, 0) is 68.6 Å². The standard InChI is InChI=1S/C27H22F4N4O2/c1-12-10-16(13(2)36)25-18(11-12)34-26(35-25)20-23(30)21(28)19(22(29)24(20)31)14-5-7-15(8-6-14)33-27(37)17-4-3-9-32-17/h5-8,10-11,17,32H,3-4,9H2,1-2H3,(H,33,37)(H,34,35). The van der Waals surface area contributed by atoms with Gasteiger partial charge in [0.05, 0.1) is 28.2 Å². The van der Waals surface area contributed by atoms with Crippen molar-refractivity contribution in [3.05, 3.63) is 70.8 Å². The van der Waals surface area contributed by atoms with Gasteiger partial charge < -0.3 is 15.6 Å². The number of Topliss-reactive ketones (excluding diaryl/α,β-unsaturated/α-hetero) is 1. The van der Waals surface area contributed by atoms with E-state index in [1.54, 1.807) is 19.1 Å². The van der Waals surface area contributed by atoms with E-state index < -0.39 is 40.2 Å². The SMILES string of the molecule is CC(=O)c1cc(C)cc2[nH]c(-c3c(F)c(F)c(-c4ccc(NC(=O)C5CCCN5)cc4)c(F)c3F)nc12. The molecule has 1 aliphatic rings. The Hall–Kier alpha value is -4.05. The molecule has 1 unspecified atom stereocenters. The molecule has 1 aromatic heterocycles. The first-order valence-electron chi connectivity index (χ1n) is 11.7. The third kappa shape index (κ3) is 4.37. The lowest BCUT2D eigenvalue weighted by molar-refractivity contribution is -0.117. The number of nitrogens with zero attached hydrogens (tertiary/aromatic N) is 1. The number of carbonyl (C=O) groups is 2. The van der Waals surface area contributed by atoms with Gasteiger partial charge in [0.2, 0.25) is 5.91 Å². The van der Waals surface area contributed by atoms with Crippen molar-refractivity contribution in [1.82, 2.24) is 15.3 Å². The number of anilines is 1. The van der Waals surface area contributed by atoms with Crippen molar-refractivity contribution in [3.63, 3.8) is 0 Å². The maximum absolute atomic E-state index is 15.2. The zero-order chi connectivity index (χ0) is 26.4. The number of rotatable bonds is 5. The van der Waals surface area contributed by atoms with Crippen molar-refractivity contribution in [1.29, 1.82) is 0 Å². The van der Waals surface area contributed by atoms with Crippen LogP contribution in [0.5, 0.6) is 0 Å². The number of halogens is 4. The molecule has 4 aromatic rings. The van der Waals surface area contributed by atoms with Gasteiger partial charge in [-0.1, -0.05) is 12.1 Å². The largest absolute Gasteiger partial charge is 0.338 e. The lowest BCUT2D eigenvalue weighted by atomic mass is 10.00. The second kappa shape index (κ2) is 9.44. The fourth-order valence-corrected chi connectivity index (χ4v) is 4.60. The Morgan fingerprint density at radius 3 is 2.22 bits per heavy atom. The minimum atomic E-state index is -1.63. The van der Waals surface area contributed by atoms with Gasteiger partial charge in [-0.2, -0.15) is 0 Å². The molecule has 37 heavy (non-hydrogen) atoms. The Morgan fingerprint density at radius 1 is 0.973 bits per heavy atom. The predicted octanol–water partition coefficient (Wildman–Crippen LogP) is 5.65. The van der Waals surface area contributed by atoms with Crippen molar-refractivity contribution < 1.29 is 27.2 Å². The molecule has 1 fully saturated rings. The molecule has 3 aromatic carbocycles. The van der Waals surface area contributed by atoms with Gasteiger partial charge in [0.25, 0.3) is 0 Å². The number of aromatic amines is 1.